The van der Waals surface area contributed by atoms with Gasteiger partial charge in [-0.25, -0.2) is 9.79 Å². The van der Waals surface area contributed by atoms with E-state index < -0.39 is 0 Å². The Morgan fingerprint density at radius 1 is 1.60 bits per heavy atom. The van der Waals surface area contributed by atoms with Crippen LogP contribution in [-0.4, -0.2) is 18.1 Å². The second-order valence-electron chi connectivity index (χ2n) is 2.06. The molecule has 0 unspecified atom stereocenters. The second-order valence-corrected chi connectivity index (χ2v) is 2.06. The first-order chi connectivity index (χ1) is 4.68. The minimum absolute atomic E-state index is 0.115. The maximum absolute atomic E-state index is 10.7. The highest BCUT2D eigenvalue weighted by Crippen LogP contribution is 1.93. The SMILES string of the molecule is CC(C)C(=O)N=CC=C=O. The van der Waals surface area contributed by atoms with Crippen LogP contribution in [0.15, 0.2) is 11.1 Å². The molecule has 0 aliphatic rings. The fourth-order valence-electron chi connectivity index (χ4n) is 0.290. The van der Waals surface area contributed by atoms with E-state index in [0.717, 1.165) is 12.3 Å². The van der Waals surface area contributed by atoms with Crippen LogP contribution in [-0.2, 0) is 9.59 Å². The van der Waals surface area contributed by atoms with Gasteiger partial charge in [0.05, 0.1) is 0 Å². The van der Waals surface area contributed by atoms with E-state index in [4.69, 9.17) is 0 Å². The van der Waals surface area contributed by atoms with E-state index in [-0.39, 0.29) is 11.8 Å². The number of hydrogen-bond donors (Lipinski definition) is 0. The van der Waals surface area contributed by atoms with Crippen molar-refractivity contribution in [2.75, 3.05) is 0 Å². The van der Waals surface area contributed by atoms with Gasteiger partial charge in [0.2, 0.25) is 5.91 Å². The Kier molecular flexibility index (Phi) is 4.09. The van der Waals surface area contributed by atoms with Gasteiger partial charge in [0.1, 0.15) is 5.94 Å². The van der Waals surface area contributed by atoms with Crippen molar-refractivity contribution >= 4 is 18.1 Å². The van der Waals surface area contributed by atoms with Crippen LogP contribution in [0.3, 0.4) is 0 Å². The fourth-order valence-corrected chi connectivity index (χ4v) is 0.290. The Balaban J connectivity index is 3.90. The smallest absolute Gasteiger partial charge is 0.248 e. The molecule has 3 heteroatoms. The Morgan fingerprint density at radius 3 is 2.60 bits per heavy atom. The fraction of sp³-hybridized carbons (Fsp3) is 0.429. The summed E-state index contributed by atoms with van der Waals surface area (Å²) in [7, 11) is 0. The molecule has 0 bridgehead atoms. The van der Waals surface area contributed by atoms with E-state index in [1.807, 2.05) is 0 Å². The van der Waals surface area contributed by atoms with E-state index in [2.05, 4.69) is 4.99 Å². The highest BCUT2D eigenvalue weighted by molar-refractivity contribution is 5.92. The number of carbonyl (C=O) groups excluding carboxylic acids is 2. The molecule has 0 saturated carbocycles. The first-order valence-electron chi connectivity index (χ1n) is 2.96. The van der Waals surface area contributed by atoms with Crippen LogP contribution in [0.5, 0.6) is 0 Å². The van der Waals surface area contributed by atoms with Gasteiger partial charge < -0.3 is 0 Å². The van der Waals surface area contributed by atoms with Crippen LogP contribution in [0.2, 0.25) is 0 Å². The van der Waals surface area contributed by atoms with Crippen molar-refractivity contribution in [3.05, 3.63) is 6.08 Å². The average molecular weight is 139 g/mol. The molecule has 0 aromatic rings. The van der Waals surface area contributed by atoms with E-state index in [1.165, 1.54) is 5.94 Å². The van der Waals surface area contributed by atoms with Gasteiger partial charge in [0.15, 0.2) is 0 Å². The minimum atomic E-state index is -0.230. The molecule has 10 heavy (non-hydrogen) atoms. The zero-order chi connectivity index (χ0) is 7.98. The molecule has 0 aliphatic heterocycles. The van der Waals surface area contributed by atoms with E-state index in [9.17, 15) is 9.59 Å². The Morgan fingerprint density at radius 2 is 2.20 bits per heavy atom. The molecule has 0 saturated heterocycles. The third-order valence-electron chi connectivity index (χ3n) is 0.838. The quantitative estimate of drug-likeness (QED) is 0.416. The normalized spacial score (nSPS) is 9.90. The molecule has 0 rings (SSSR count). The molecule has 3 nitrogen and oxygen atoms in total. The standard InChI is InChI=1S/C7H9NO2/c1-6(2)7(10)8-4-3-5-9/h3-4,6H,1-2H3. The lowest BCUT2D eigenvalue weighted by atomic mass is 10.2. The number of aliphatic imine (C=N–C) groups is 1. The van der Waals surface area contributed by atoms with Crippen LogP contribution in [0.25, 0.3) is 0 Å². The molecule has 0 atom stereocenters. The summed E-state index contributed by atoms with van der Waals surface area (Å²) < 4.78 is 0. The Bertz CT molecular complexity index is 188. The predicted molar refractivity (Wildman–Crippen MR) is 38.6 cm³/mol. The summed E-state index contributed by atoms with van der Waals surface area (Å²) in [4.78, 5) is 23.7. The first kappa shape index (κ1) is 8.79. The molecule has 0 N–H and O–H groups in total. The summed E-state index contributed by atoms with van der Waals surface area (Å²) >= 11 is 0. The lowest BCUT2D eigenvalue weighted by molar-refractivity contribution is -0.120. The van der Waals surface area contributed by atoms with Gasteiger partial charge in [-0.1, -0.05) is 13.8 Å². The summed E-state index contributed by atoms with van der Waals surface area (Å²) in [5, 5.41) is 0. The van der Waals surface area contributed by atoms with Crippen molar-refractivity contribution in [3.8, 4) is 0 Å². The summed E-state index contributed by atoms with van der Waals surface area (Å²) in [6, 6.07) is 0. The van der Waals surface area contributed by atoms with E-state index in [1.54, 1.807) is 13.8 Å². The third-order valence-corrected chi connectivity index (χ3v) is 0.838. The maximum Gasteiger partial charge on any atom is 0.248 e. The van der Waals surface area contributed by atoms with Gasteiger partial charge in [-0.3, -0.25) is 4.79 Å². The number of nitrogens with zero attached hydrogens (tertiary/aromatic N) is 1. The summed E-state index contributed by atoms with van der Waals surface area (Å²) in [6.07, 6.45) is 2.20. The van der Waals surface area contributed by atoms with Crippen LogP contribution >= 0.6 is 0 Å². The summed E-state index contributed by atoms with van der Waals surface area (Å²) in [6.45, 7) is 3.48. The van der Waals surface area contributed by atoms with Gasteiger partial charge >= 0.3 is 0 Å². The topological polar surface area (TPSA) is 46.5 Å². The van der Waals surface area contributed by atoms with Gasteiger partial charge in [0, 0.05) is 18.2 Å². The zero-order valence-corrected chi connectivity index (χ0v) is 6.00. The molecule has 0 radical (unpaired) electrons. The maximum atomic E-state index is 10.7. The molecule has 0 heterocycles. The molecule has 0 aliphatic carbocycles. The number of amides is 1. The first-order valence-corrected chi connectivity index (χ1v) is 2.96. The highest BCUT2D eigenvalue weighted by Gasteiger charge is 2.01. The monoisotopic (exact) mass is 139 g/mol. The Hall–Kier alpha value is -1.21. The van der Waals surface area contributed by atoms with Crippen molar-refractivity contribution in [1.29, 1.82) is 0 Å². The molecular formula is C7H9NO2. The van der Waals surface area contributed by atoms with Gasteiger partial charge in [-0.15, -0.1) is 0 Å². The third kappa shape index (κ3) is 3.75. The van der Waals surface area contributed by atoms with E-state index in [0.29, 0.717) is 0 Å². The van der Waals surface area contributed by atoms with Crippen LogP contribution in [0.1, 0.15) is 13.8 Å². The molecule has 0 aromatic heterocycles. The molecule has 0 aromatic carbocycles. The van der Waals surface area contributed by atoms with Crippen LogP contribution < -0.4 is 0 Å². The van der Waals surface area contributed by atoms with Crippen molar-refractivity contribution < 1.29 is 9.59 Å². The van der Waals surface area contributed by atoms with Crippen LogP contribution in [0.4, 0.5) is 0 Å². The van der Waals surface area contributed by atoms with Crippen LogP contribution in [0, 0.1) is 5.92 Å². The number of carbonyl (C=O) groups is 1. The van der Waals surface area contributed by atoms with Crippen molar-refractivity contribution in [3.63, 3.8) is 0 Å². The lowest BCUT2D eigenvalue weighted by Crippen LogP contribution is -2.02. The number of hydrogen-bond acceptors (Lipinski definition) is 2. The average Bonchev–Trinajstić information content (AvgIpc) is 1.88. The van der Waals surface area contributed by atoms with Gasteiger partial charge in [0.25, 0.3) is 0 Å². The molecular weight excluding hydrogens is 130 g/mol. The summed E-state index contributed by atoms with van der Waals surface area (Å²) in [5.74, 6) is 1.14. The Labute approximate surface area is 59.5 Å². The second kappa shape index (κ2) is 4.65. The van der Waals surface area contributed by atoms with E-state index >= 15 is 0 Å². The lowest BCUT2D eigenvalue weighted by Gasteiger charge is -1.92. The largest absolute Gasteiger partial charge is 0.272 e. The van der Waals surface area contributed by atoms with Crippen molar-refractivity contribution in [2.24, 2.45) is 10.9 Å². The minimum Gasteiger partial charge on any atom is -0.272 e. The molecule has 54 valence electrons. The van der Waals surface area contributed by atoms with Crippen molar-refractivity contribution in [1.82, 2.24) is 0 Å². The predicted octanol–water partition coefficient (Wildman–Crippen LogP) is 0.628. The van der Waals surface area contributed by atoms with Crippen molar-refractivity contribution in [2.45, 2.75) is 13.8 Å². The molecule has 0 fully saturated rings. The molecule has 1 amide bonds. The van der Waals surface area contributed by atoms with Gasteiger partial charge in [-0.05, 0) is 0 Å². The zero-order valence-electron chi connectivity index (χ0n) is 6.00. The van der Waals surface area contributed by atoms with Gasteiger partial charge in [-0.2, -0.15) is 0 Å². The highest BCUT2D eigenvalue weighted by atomic mass is 16.1. The molecule has 0 spiro atoms. The number of allylic oxidation sites excluding steroid dienone is 1. The summed E-state index contributed by atoms with van der Waals surface area (Å²) in [5.41, 5.74) is 0. The number of rotatable bonds is 2.